The number of imide groups is 1. The number of aliphatic imine (C=N–C) groups is 1. The number of carbonyl (C=O) groups excluding carboxylic acids is 2. The first-order valence-electron chi connectivity index (χ1n) is 9.48. The summed E-state index contributed by atoms with van der Waals surface area (Å²) >= 11 is 0. The van der Waals surface area contributed by atoms with Gasteiger partial charge in [-0.3, -0.25) is 19.6 Å². The average molecular weight is 372 g/mol. The zero-order chi connectivity index (χ0) is 19.1. The van der Waals surface area contributed by atoms with Crippen molar-refractivity contribution in [2.45, 2.75) is 25.9 Å². The number of rotatable bonds is 7. The molecule has 2 aliphatic heterocycles. The molecule has 0 bridgehead atoms. The third-order valence-corrected chi connectivity index (χ3v) is 4.88. The molecule has 2 fully saturated rings. The van der Waals surface area contributed by atoms with Crippen LogP contribution in [0.1, 0.15) is 24.0 Å². The summed E-state index contributed by atoms with van der Waals surface area (Å²) in [4.78, 5) is 30.9. The van der Waals surface area contributed by atoms with Crippen molar-refractivity contribution in [3.05, 3.63) is 35.4 Å². The van der Waals surface area contributed by atoms with Crippen molar-refractivity contribution in [2.24, 2.45) is 4.99 Å². The number of amides is 3. The largest absolute Gasteiger partial charge is 0.355 e. The van der Waals surface area contributed by atoms with E-state index in [1.807, 2.05) is 0 Å². The van der Waals surface area contributed by atoms with Crippen molar-refractivity contribution >= 4 is 17.9 Å². The van der Waals surface area contributed by atoms with Crippen LogP contribution in [0.5, 0.6) is 0 Å². The predicted molar refractivity (Wildman–Crippen MR) is 104 cm³/mol. The summed E-state index contributed by atoms with van der Waals surface area (Å²) in [6.45, 7) is 4.95. The fourth-order valence-corrected chi connectivity index (χ4v) is 3.34. The molecule has 0 aliphatic carbocycles. The lowest BCUT2D eigenvalue weighted by atomic mass is 10.1. The van der Waals surface area contributed by atoms with E-state index in [9.17, 15) is 9.59 Å². The van der Waals surface area contributed by atoms with E-state index in [2.05, 4.69) is 50.1 Å². The van der Waals surface area contributed by atoms with Gasteiger partial charge in [-0.05, 0) is 37.1 Å². The number of likely N-dealkylation sites (tertiary alicyclic amines) is 1. The van der Waals surface area contributed by atoms with E-state index >= 15 is 0 Å². The molecule has 0 radical (unpaired) electrons. The molecule has 2 heterocycles. The van der Waals surface area contributed by atoms with Crippen LogP contribution in [0.15, 0.2) is 29.3 Å². The van der Waals surface area contributed by atoms with Crippen molar-refractivity contribution in [3.63, 3.8) is 0 Å². The van der Waals surface area contributed by atoms with Gasteiger partial charge in [-0.2, -0.15) is 0 Å². The third-order valence-electron chi connectivity index (χ3n) is 4.88. The second-order valence-corrected chi connectivity index (χ2v) is 6.86. The molecule has 8 heteroatoms. The number of hydrogen-bond donors (Lipinski definition) is 3. The van der Waals surface area contributed by atoms with Crippen molar-refractivity contribution in [1.82, 2.24) is 25.8 Å². The Morgan fingerprint density at radius 3 is 2.44 bits per heavy atom. The first-order valence-corrected chi connectivity index (χ1v) is 9.48. The number of carbonyl (C=O) groups is 2. The Kier molecular flexibility index (Phi) is 6.64. The summed E-state index contributed by atoms with van der Waals surface area (Å²) < 4.78 is 0. The van der Waals surface area contributed by atoms with Crippen molar-refractivity contribution in [3.8, 4) is 0 Å². The van der Waals surface area contributed by atoms with Gasteiger partial charge in [-0.15, -0.1) is 0 Å². The lowest BCUT2D eigenvalue weighted by Gasteiger charge is -2.16. The number of benzene rings is 1. The van der Waals surface area contributed by atoms with Gasteiger partial charge in [0.2, 0.25) is 5.91 Å². The second kappa shape index (κ2) is 9.36. The van der Waals surface area contributed by atoms with Crippen LogP contribution in [0.2, 0.25) is 0 Å². The number of hydrogen-bond acceptors (Lipinski definition) is 4. The fraction of sp³-hybridized carbons (Fsp3) is 0.526. The highest BCUT2D eigenvalue weighted by Gasteiger charge is 2.27. The molecule has 0 atom stereocenters. The molecule has 0 unspecified atom stereocenters. The maximum Gasteiger partial charge on any atom is 0.324 e. The van der Waals surface area contributed by atoms with Crippen LogP contribution in [0.4, 0.5) is 4.79 Å². The van der Waals surface area contributed by atoms with E-state index in [0.29, 0.717) is 25.6 Å². The van der Waals surface area contributed by atoms with Gasteiger partial charge in [-0.25, -0.2) is 4.79 Å². The van der Waals surface area contributed by atoms with E-state index < -0.39 is 0 Å². The van der Waals surface area contributed by atoms with E-state index in [4.69, 9.17) is 0 Å². The summed E-state index contributed by atoms with van der Waals surface area (Å²) in [6, 6.07) is 8.31. The zero-order valence-electron chi connectivity index (χ0n) is 15.8. The molecular weight excluding hydrogens is 344 g/mol. The summed E-state index contributed by atoms with van der Waals surface area (Å²) in [5.41, 5.74) is 2.52. The van der Waals surface area contributed by atoms with Gasteiger partial charge in [0.1, 0.15) is 0 Å². The van der Waals surface area contributed by atoms with Crippen molar-refractivity contribution in [1.29, 1.82) is 0 Å². The number of urea groups is 1. The molecule has 1 aromatic carbocycles. The number of nitrogens with one attached hydrogen (secondary N) is 3. The summed E-state index contributed by atoms with van der Waals surface area (Å²) in [6.07, 6.45) is 2.62. The van der Waals surface area contributed by atoms with Gasteiger partial charge >= 0.3 is 6.03 Å². The van der Waals surface area contributed by atoms with E-state index in [1.54, 1.807) is 7.05 Å². The first-order chi connectivity index (χ1) is 13.2. The predicted octanol–water partition coefficient (Wildman–Crippen LogP) is 0.499. The van der Waals surface area contributed by atoms with Crippen LogP contribution in [-0.2, 0) is 17.9 Å². The average Bonchev–Trinajstić information content (AvgIpc) is 3.30. The Morgan fingerprint density at radius 1 is 1.11 bits per heavy atom. The Morgan fingerprint density at radius 2 is 1.81 bits per heavy atom. The highest BCUT2D eigenvalue weighted by molar-refractivity contribution is 6.01. The maximum absolute atomic E-state index is 11.5. The molecule has 3 rings (SSSR count). The van der Waals surface area contributed by atoms with Gasteiger partial charge in [0, 0.05) is 33.2 Å². The smallest absolute Gasteiger partial charge is 0.324 e. The van der Waals surface area contributed by atoms with Crippen LogP contribution in [-0.4, -0.2) is 67.5 Å². The summed E-state index contributed by atoms with van der Waals surface area (Å²) in [5.74, 6) is 0.446. The SMILES string of the molecule is CN=C(NCCN1C(=O)CNC1=O)NCc1ccc(CN2CCCC2)cc1. The number of guanidine groups is 1. The Bertz CT molecular complexity index is 666. The van der Waals surface area contributed by atoms with Crippen LogP contribution in [0, 0.1) is 0 Å². The van der Waals surface area contributed by atoms with Gasteiger partial charge < -0.3 is 16.0 Å². The van der Waals surface area contributed by atoms with Gasteiger partial charge in [-0.1, -0.05) is 24.3 Å². The molecule has 0 saturated carbocycles. The minimum atomic E-state index is -0.334. The van der Waals surface area contributed by atoms with Crippen LogP contribution in [0.3, 0.4) is 0 Å². The van der Waals surface area contributed by atoms with Crippen LogP contribution >= 0.6 is 0 Å². The quantitative estimate of drug-likeness (QED) is 0.368. The summed E-state index contributed by atoms with van der Waals surface area (Å²) in [5, 5.41) is 8.88. The normalized spacial score (nSPS) is 18.1. The lowest BCUT2D eigenvalue weighted by Crippen LogP contribution is -2.43. The van der Waals surface area contributed by atoms with Gasteiger partial charge in [0.05, 0.1) is 6.54 Å². The molecule has 2 aliphatic rings. The molecule has 3 N–H and O–H groups in total. The zero-order valence-corrected chi connectivity index (χ0v) is 15.8. The Hall–Kier alpha value is -2.61. The molecule has 0 aromatic heterocycles. The fourth-order valence-electron chi connectivity index (χ4n) is 3.34. The molecule has 0 spiro atoms. The minimum absolute atomic E-state index is 0.0829. The van der Waals surface area contributed by atoms with Crippen molar-refractivity contribution in [2.75, 3.05) is 39.8 Å². The second-order valence-electron chi connectivity index (χ2n) is 6.86. The van der Waals surface area contributed by atoms with E-state index in [1.165, 1.54) is 42.0 Å². The van der Waals surface area contributed by atoms with Gasteiger partial charge in [0.15, 0.2) is 5.96 Å². The molecular formula is C19H28N6O2. The Balaban J connectivity index is 1.39. The molecule has 8 nitrogen and oxygen atoms in total. The van der Waals surface area contributed by atoms with Crippen LogP contribution in [0.25, 0.3) is 0 Å². The monoisotopic (exact) mass is 372 g/mol. The lowest BCUT2D eigenvalue weighted by molar-refractivity contribution is -0.124. The molecule has 1 aromatic rings. The maximum atomic E-state index is 11.5. The van der Waals surface area contributed by atoms with E-state index in [-0.39, 0.29) is 18.5 Å². The molecule has 3 amide bonds. The van der Waals surface area contributed by atoms with Crippen LogP contribution < -0.4 is 16.0 Å². The highest BCUT2D eigenvalue weighted by atomic mass is 16.2. The first kappa shape index (κ1) is 19.2. The van der Waals surface area contributed by atoms with E-state index in [0.717, 1.165) is 6.54 Å². The number of nitrogens with zero attached hydrogens (tertiary/aromatic N) is 3. The van der Waals surface area contributed by atoms with Gasteiger partial charge in [0.25, 0.3) is 0 Å². The third kappa shape index (κ3) is 5.43. The molecule has 2 saturated heterocycles. The Labute approximate surface area is 160 Å². The molecule has 146 valence electrons. The standard InChI is InChI=1S/C19H28N6O2/c1-20-18(21-8-11-25-17(26)13-23-19(25)27)22-12-15-4-6-16(7-5-15)14-24-9-2-3-10-24/h4-7H,2-3,8-14H2,1H3,(H,23,27)(H2,20,21,22). The topological polar surface area (TPSA) is 89.1 Å². The minimum Gasteiger partial charge on any atom is -0.355 e. The molecule has 27 heavy (non-hydrogen) atoms. The van der Waals surface area contributed by atoms with Crippen molar-refractivity contribution < 1.29 is 9.59 Å². The highest BCUT2D eigenvalue weighted by Crippen LogP contribution is 2.13. The summed E-state index contributed by atoms with van der Waals surface area (Å²) in [7, 11) is 1.70.